The number of nitrogens with one attached hydrogen (secondary N) is 2. The van der Waals surface area contributed by atoms with Crippen LogP contribution < -0.4 is 10.6 Å². The number of carbonyl (C=O) groups is 1. The fraction of sp³-hybridized carbons (Fsp3) is 0.533. The molecule has 1 aliphatic heterocycles. The first-order chi connectivity index (χ1) is 8.60. The number of carbonyl (C=O) groups excluding carboxylic acids is 1. The van der Waals surface area contributed by atoms with Gasteiger partial charge in [-0.05, 0) is 45.2 Å². The molecule has 1 amide bonds. The predicted molar refractivity (Wildman–Crippen MR) is 73.3 cm³/mol. The van der Waals surface area contributed by atoms with Crippen LogP contribution in [0, 0.1) is 6.92 Å². The van der Waals surface area contributed by atoms with Crippen LogP contribution in [-0.2, 0) is 11.3 Å². The van der Waals surface area contributed by atoms with E-state index < -0.39 is 0 Å². The van der Waals surface area contributed by atoms with Crippen molar-refractivity contribution in [1.82, 2.24) is 10.6 Å². The highest BCUT2D eigenvalue weighted by Crippen LogP contribution is 2.18. The quantitative estimate of drug-likeness (QED) is 0.858. The van der Waals surface area contributed by atoms with Crippen molar-refractivity contribution in [2.45, 2.75) is 45.2 Å². The molecule has 0 radical (unpaired) electrons. The maximum Gasteiger partial charge on any atom is 0.240 e. The van der Waals surface area contributed by atoms with E-state index in [2.05, 4.69) is 29.7 Å². The van der Waals surface area contributed by atoms with Gasteiger partial charge in [0.05, 0.1) is 5.54 Å². The van der Waals surface area contributed by atoms with Crippen LogP contribution >= 0.6 is 0 Å². The molecular weight excluding hydrogens is 224 g/mol. The molecule has 1 unspecified atom stereocenters. The van der Waals surface area contributed by atoms with Gasteiger partial charge in [-0.2, -0.15) is 0 Å². The van der Waals surface area contributed by atoms with Crippen LogP contribution in [0.4, 0.5) is 0 Å². The summed E-state index contributed by atoms with van der Waals surface area (Å²) in [6.45, 7) is 5.61. The van der Waals surface area contributed by atoms with E-state index in [0.29, 0.717) is 6.54 Å². The minimum absolute atomic E-state index is 0.115. The number of piperidine rings is 1. The summed E-state index contributed by atoms with van der Waals surface area (Å²) in [5.41, 5.74) is 1.99. The smallest absolute Gasteiger partial charge is 0.240 e. The molecule has 0 bridgehead atoms. The van der Waals surface area contributed by atoms with E-state index >= 15 is 0 Å². The van der Waals surface area contributed by atoms with Crippen LogP contribution in [0.2, 0.25) is 0 Å². The van der Waals surface area contributed by atoms with Gasteiger partial charge >= 0.3 is 0 Å². The average Bonchev–Trinajstić information content (AvgIpc) is 2.37. The molecule has 0 aromatic heterocycles. The molecule has 2 rings (SSSR count). The van der Waals surface area contributed by atoms with Gasteiger partial charge in [-0.15, -0.1) is 0 Å². The second kappa shape index (κ2) is 5.53. The summed E-state index contributed by atoms with van der Waals surface area (Å²) < 4.78 is 0. The summed E-state index contributed by atoms with van der Waals surface area (Å²) in [4.78, 5) is 12.2. The van der Waals surface area contributed by atoms with E-state index in [1.165, 1.54) is 12.0 Å². The van der Waals surface area contributed by atoms with Crippen molar-refractivity contribution < 1.29 is 4.79 Å². The molecule has 0 saturated carbocycles. The zero-order valence-electron chi connectivity index (χ0n) is 11.3. The largest absolute Gasteiger partial charge is 0.350 e. The molecule has 1 aromatic rings. The second-order valence-corrected chi connectivity index (χ2v) is 5.39. The first kappa shape index (κ1) is 13.1. The Labute approximate surface area is 109 Å². The first-order valence-corrected chi connectivity index (χ1v) is 6.69. The number of benzene rings is 1. The number of hydrogen-bond donors (Lipinski definition) is 2. The Kier molecular flexibility index (Phi) is 4.02. The second-order valence-electron chi connectivity index (χ2n) is 5.39. The van der Waals surface area contributed by atoms with Crippen molar-refractivity contribution in [1.29, 1.82) is 0 Å². The molecule has 1 aromatic carbocycles. The van der Waals surface area contributed by atoms with E-state index in [1.807, 2.05) is 19.1 Å². The van der Waals surface area contributed by atoms with Crippen LogP contribution in [0.15, 0.2) is 24.3 Å². The van der Waals surface area contributed by atoms with Crippen LogP contribution in [0.25, 0.3) is 0 Å². The number of rotatable bonds is 3. The van der Waals surface area contributed by atoms with Gasteiger partial charge in [0, 0.05) is 6.54 Å². The summed E-state index contributed by atoms with van der Waals surface area (Å²) in [5, 5.41) is 6.37. The first-order valence-electron chi connectivity index (χ1n) is 6.69. The lowest BCUT2D eigenvalue weighted by Gasteiger charge is -2.33. The molecule has 0 spiro atoms. The van der Waals surface area contributed by atoms with Crippen molar-refractivity contribution >= 4 is 5.91 Å². The third-order valence-corrected chi connectivity index (χ3v) is 3.66. The summed E-state index contributed by atoms with van der Waals surface area (Å²) in [7, 11) is 0. The number of aryl methyl sites for hydroxylation is 1. The molecule has 18 heavy (non-hydrogen) atoms. The molecule has 1 atom stereocenters. The topological polar surface area (TPSA) is 41.1 Å². The van der Waals surface area contributed by atoms with Crippen LogP contribution in [0.5, 0.6) is 0 Å². The van der Waals surface area contributed by atoms with Crippen molar-refractivity contribution in [2.24, 2.45) is 0 Å². The Morgan fingerprint density at radius 2 is 2.28 bits per heavy atom. The van der Waals surface area contributed by atoms with Gasteiger partial charge in [-0.3, -0.25) is 4.79 Å². The highest BCUT2D eigenvalue weighted by molar-refractivity contribution is 5.85. The van der Waals surface area contributed by atoms with E-state index in [9.17, 15) is 4.79 Å². The van der Waals surface area contributed by atoms with Crippen molar-refractivity contribution in [3.05, 3.63) is 35.4 Å². The summed E-state index contributed by atoms with van der Waals surface area (Å²) in [6, 6.07) is 8.24. The van der Waals surface area contributed by atoms with Gasteiger partial charge in [0.1, 0.15) is 0 Å². The van der Waals surface area contributed by atoms with E-state index in [1.54, 1.807) is 0 Å². The molecule has 3 heteroatoms. The van der Waals surface area contributed by atoms with Gasteiger partial charge in [0.2, 0.25) is 5.91 Å². The van der Waals surface area contributed by atoms with Gasteiger partial charge in [0.15, 0.2) is 0 Å². The standard InChI is InChI=1S/C15H22N2O/c1-12-6-5-7-13(10-12)11-16-14(18)15(2)8-3-4-9-17-15/h5-7,10,17H,3-4,8-9,11H2,1-2H3,(H,16,18). The van der Waals surface area contributed by atoms with Gasteiger partial charge in [-0.1, -0.05) is 29.8 Å². The SMILES string of the molecule is Cc1cccc(CNC(=O)C2(C)CCCCN2)c1. The molecule has 1 saturated heterocycles. The van der Waals surface area contributed by atoms with E-state index in [-0.39, 0.29) is 11.4 Å². The number of hydrogen-bond acceptors (Lipinski definition) is 2. The molecule has 98 valence electrons. The van der Waals surface area contributed by atoms with Crippen molar-refractivity contribution in [2.75, 3.05) is 6.54 Å². The average molecular weight is 246 g/mol. The fourth-order valence-corrected chi connectivity index (χ4v) is 2.45. The zero-order valence-corrected chi connectivity index (χ0v) is 11.3. The Bertz CT molecular complexity index is 422. The molecule has 3 nitrogen and oxygen atoms in total. The van der Waals surface area contributed by atoms with Crippen molar-refractivity contribution in [3.8, 4) is 0 Å². The van der Waals surface area contributed by atoms with E-state index in [0.717, 1.165) is 24.9 Å². The Balaban J connectivity index is 1.91. The summed E-state index contributed by atoms with van der Waals surface area (Å²) in [5.74, 6) is 0.115. The van der Waals surface area contributed by atoms with Crippen LogP contribution in [0.3, 0.4) is 0 Å². The highest BCUT2D eigenvalue weighted by atomic mass is 16.2. The van der Waals surface area contributed by atoms with Gasteiger partial charge in [-0.25, -0.2) is 0 Å². The van der Waals surface area contributed by atoms with E-state index in [4.69, 9.17) is 0 Å². The lowest BCUT2D eigenvalue weighted by molar-refractivity contribution is -0.128. The maximum absolute atomic E-state index is 12.2. The maximum atomic E-state index is 12.2. The lowest BCUT2D eigenvalue weighted by atomic mass is 9.90. The Hall–Kier alpha value is -1.35. The van der Waals surface area contributed by atoms with Crippen LogP contribution in [-0.4, -0.2) is 18.0 Å². The monoisotopic (exact) mass is 246 g/mol. The Morgan fingerprint density at radius 1 is 1.44 bits per heavy atom. The molecule has 1 heterocycles. The number of amides is 1. The highest BCUT2D eigenvalue weighted by Gasteiger charge is 2.33. The lowest BCUT2D eigenvalue weighted by Crippen LogP contribution is -2.56. The van der Waals surface area contributed by atoms with Gasteiger partial charge < -0.3 is 10.6 Å². The molecule has 2 N–H and O–H groups in total. The van der Waals surface area contributed by atoms with Crippen LogP contribution in [0.1, 0.15) is 37.3 Å². The predicted octanol–water partition coefficient (Wildman–Crippen LogP) is 2.14. The fourth-order valence-electron chi connectivity index (χ4n) is 2.45. The molecule has 1 fully saturated rings. The minimum Gasteiger partial charge on any atom is -0.350 e. The molecule has 1 aliphatic rings. The zero-order chi connectivity index (χ0) is 13.0. The third-order valence-electron chi connectivity index (χ3n) is 3.66. The Morgan fingerprint density at radius 3 is 2.94 bits per heavy atom. The summed E-state index contributed by atoms with van der Waals surface area (Å²) in [6.07, 6.45) is 3.22. The summed E-state index contributed by atoms with van der Waals surface area (Å²) >= 11 is 0. The molecular formula is C15H22N2O. The molecule has 0 aliphatic carbocycles. The van der Waals surface area contributed by atoms with Gasteiger partial charge in [0.25, 0.3) is 0 Å². The minimum atomic E-state index is -0.387. The van der Waals surface area contributed by atoms with Crippen molar-refractivity contribution in [3.63, 3.8) is 0 Å². The normalized spacial score (nSPS) is 23.7. The third kappa shape index (κ3) is 3.10.